The molecule has 0 saturated heterocycles. The van der Waals surface area contributed by atoms with Gasteiger partial charge in [-0.1, -0.05) is 0 Å². The molecule has 1 heterocycles. The number of rotatable bonds is 3. The van der Waals surface area contributed by atoms with Gasteiger partial charge in [-0.05, 0) is 42.5 Å². The van der Waals surface area contributed by atoms with Crippen molar-refractivity contribution in [3.8, 4) is 0 Å². The van der Waals surface area contributed by atoms with Crippen LogP contribution in [-0.2, 0) is 16.9 Å². The van der Waals surface area contributed by atoms with Gasteiger partial charge in [-0.25, -0.2) is 13.2 Å². The number of carbonyl (C=O) groups is 1. The van der Waals surface area contributed by atoms with E-state index in [2.05, 4.69) is 15.6 Å². The van der Waals surface area contributed by atoms with Gasteiger partial charge in [0, 0.05) is 28.5 Å². The molecule has 0 aliphatic heterocycles. The number of aromatic nitrogens is 1. The van der Waals surface area contributed by atoms with E-state index in [-0.39, 0.29) is 10.6 Å². The Labute approximate surface area is 147 Å². The summed E-state index contributed by atoms with van der Waals surface area (Å²) in [6, 6.07) is 7.99. The van der Waals surface area contributed by atoms with Gasteiger partial charge in [0.2, 0.25) is 0 Å². The minimum atomic E-state index is -4.44. The van der Waals surface area contributed by atoms with Crippen LogP contribution in [0, 0.1) is 0 Å². The number of hydrogen-bond acceptors (Lipinski definition) is 3. The number of amides is 2. The molecule has 0 saturated carbocycles. The van der Waals surface area contributed by atoms with Crippen molar-refractivity contribution in [2.24, 2.45) is 0 Å². The monoisotopic (exact) mass is 383 g/mol. The van der Waals surface area contributed by atoms with Gasteiger partial charge < -0.3 is 15.6 Å². The molecule has 0 aliphatic rings. The van der Waals surface area contributed by atoms with Gasteiger partial charge in [-0.2, -0.15) is 13.2 Å². The molecule has 6 nitrogen and oxygen atoms in total. The van der Waals surface area contributed by atoms with E-state index in [9.17, 15) is 26.4 Å². The second-order valence-corrected chi connectivity index (χ2v) is 6.34. The number of aromatic amines is 1. The lowest BCUT2D eigenvalue weighted by molar-refractivity contribution is -0.137. The number of anilines is 2. The first kappa shape index (κ1) is 17.8. The average Bonchev–Trinajstić information content (AvgIpc) is 2.97. The van der Waals surface area contributed by atoms with Crippen molar-refractivity contribution in [2.75, 3.05) is 10.6 Å². The summed E-state index contributed by atoms with van der Waals surface area (Å²) in [5, 5.41) is 5.43. The van der Waals surface area contributed by atoms with Crippen LogP contribution < -0.4 is 10.6 Å². The largest absolute Gasteiger partial charge is 0.416 e. The molecule has 3 N–H and O–H groups in total. The fourth-order valence-electron chi connectivity index (χ4n) is 2.38. The number of halogens is 3. The van der Waals surface area contributed by atoms with Crippen molar-refractivity contribution >= 4 is 39.0 Å². The fraction of sp³-hybridized carbons (Fsp3) is 0.0625. The molecule has 0 spiro atoms. The summed E-state index contributed by atoms with van der Waals surface area (Å²) in [6.45, 7) is 0. The normalized spacial score (nSPS) is 11.7. The Kier molecular flexibility index (Phi) is 4.60. The molecule has 0 bridgehead atoms. The number of urea groups is 1. The number of benzene rings is 2. The minimum absolute atomic E-state index is 0.149. The maximum Gasteiger partial charge on any atom is 0.416 e. The van der Waals surface area contributed by atoms with Crippen molar-refractivity contribution in [3.63, 3.8) is 0 Å². The van der Waals surface area contributed by atoms with E-state index in [0.29, 0.717) is 16.6 Å². The Bertz CT molecular complexity index is 1030. The molecule has 3 rings (SSSR count). The second kappa shape index (κ2) is 6.71. The highest BCUT2D eigenvalue weighted by molar-refractivity contribution is 7.72. The number of thiol groups is 1. The highest BCUT2D eigenvalue weighted by Gasteiger charge is 2.29. The van der Waals surface area contributed by atoms with Crippen molar-refractivity contribution in [1.29, 1.82) is 0 Å². The van der Waals surface area contributed by atoms with Gasteiger partial charge in [0.25, 0.3) is 0 Å². The summed E-state index contributed by atoms with van der Waals surface area (Å²) in [6.07, 6.45) is -3.10. The van der Waals surface area contributed by atoms with E-state index in [1.165, 1.54) is 12.3 Å². The first-order valence-corrected chi connectivity index (χ1v) is 8.42. The zero-order valence-corrected chi connectivity index (χ0v) is 13.8. The Morgan fingerprint density at radius 3 is 2.19 bits per heavy atom. The molecule has 0 atom stereocenters. The quantitative estimate of drug-likeness (QED) is 0.519. The maximum atomic E-state index is 12.5. The molecular formula is C16H12F3N3O3S. The fourth-order valence-corrected chi connectivity index (χ4v) is 2.94. The van der Waals surface area contributed by atoms with Crippen LogP contribution >= 0.6 is 0 Å². The van der Waals surface area contributed by atoms with Gasteiger partial charge in [-0.3, -0.25) is 0 Å². The van der Waals surface area contributed by atoms with E-state index in [4.69, 9.17) is 0 Å². The number of fused-ring (bicyclic) bond motifs is 1. The van der Waals surface area contributed by atoms with E-state index in [1.807, 2.05) is 0 Å². The van der Waals surface area contributed by atoms with Crippen molar-refractivity contribution < 1.29 is 26.4 Å². The number of H-pyrrole nitrogens is 1. The van der Waals surface area contributed by atoms with E-state index < -0.39 is 28.5 Å². The zero-order valence-electron chi connectivity index (χ0n) is 12.9. The number of carbonyl (C=O) groups excluding carboxylic acids is 1. The standard InChI is InChI=1S/C16H12F3N3O3S/c17-16(18,19)9-1-3-10(4-2-9)21-15(23)22-11-5-6-12-13(7-11)20-8-14(12)26(24)25/h1-8,20,26H,(H2,21,22,23). The van der Waals surface area contributed by atoms with E-state index >= 15 is 0 Å². The van der Waals surface area contributed by atoms with Crippen LogP contribution in [0.1, 0.15) is 5.56 Å². The van der Waals surface area contributed by atoms with Crippen LogP contribution in [0.2, 0.25) is 0 Å². The molecule has 136 valence electrons. The summed E-state index contributed by atoms with van der Waals surface area (Å²) in [5.41, 5.74) is 0.290. The third-order valence-corrected chi connectivity index (χ3v) is 4.35. The van der Waals surface area contributed by atoms with Gasteiger partial charge in [-0.15, -0.1) is 0 Å². The van der Waals surface area contributed by atoms with Crippen LogP contribution in [0.3, 0.4) is 0 Å². The Morgan fingerprint density at radius 1 is 0.962 bits per heavy atom. The lowest BCUT2D eigenvalue weighted by Gasteiger charge is -2.10. The van der Waals surface area contributed by atoms with Gasteiger partial charge >= 0.3 is 12.2 Å². The molecule has 1 aromatic heterocycles. The van der Waals surface area contributed by atoms with Crippen LogP contribution in [0.4, 0.5) is 29.3 Å². The molecule has 26 heavy (non-hydrogen) atoms. The van der Waals surface area contributed by atoms with Crippen molar-refractivity contribution in [2.45, 2.75) is 11.1 Å². The molecule has 10 heteroatoms. The van der Waals surface area contributed by atoms with Crippen LogP contribution in [0.5, 0.6) is 0 Å². The maximum absolute atomic E-state index is 12.5. The lowest BCUT2D eigenvalue weighted by Crippen LogP contribution is -2.19. The van der Waals surface area contributed by atoms with Crippen molar-refractivity contribution in [3.05, 3.63) is 54.2 Å². The molecule has 0 radical (unpaired) electrons. The molecule has 0 unspecified atom stereocenters. The highest BCUT2D eigenvalue weighted by Crippen LogP contribution is 2.30. The predicted octanol–water partition coefficient (Wildman–Crippen LogP) is 3.80. The zero-order chi connectivity index (χ0) is 18.9. The average molecular weight is 383 g/mol. The predicted molar refractivity (Wildman–Crippen MR) is 91.0 cm³/mol. The summed E-state index contributed by atoms with van der Waals surface area (Å²) >= 11 is 0. The molecule has 3 aromatic rings. The Morgan fingerprint density at radius 2 is 1.58 bits per heavy atom. The molecule has 0 fully saturated rings. The third kappa shape index (κ3) is 3.80. The smallest absolute Gasteiger partial charge is 0.360 e. The summed E-state index contributed by atoms with van der Waals surface area (Å²) in [7, 11) is -2.74. The molecule has 2 amide bonds. The number of nitrogens with one attached hydrogen (secondary N) is 3. The highest BCUT2D eigenvalue weighted by atomic mass is 32.2. The third-order valence-electron chi connectivity index (χ3n) is 3.58. The number of hydrogen-bond donors (Lipinski definition) is 4. The van der Waals surface area contributed by atoms with E-state index in [1.54, 1.807) is 12.1 Å². The molecule has 2 aromatic carbocycles. The lowest BCUT2D eigenvalue weighted by atomic mass is 10.2. The van der Waals surface area contributed by atoms with Gasteiger partial charge in [0.15, 0.2) is 10.7 Å². The van der Waals surface area contributed by atoms with Crippen molar-refractivity contribution in [1.82, 2.24) is 4.98 Å². The van der Waals surface area contributed by atoms with Gasteiger partial charge in [0.05, 0.1) is 10.5 Å². The number of alkyl halides is 3. The molecular weight excluding hydrogens is 371 g/mol. The topological polar surface area (TPSA) is 91.1 Å². The van der Waals surface area contributed by atoms with E-state index in [0.717, 1.165) is 24.3 Å². The Balaban J connectivity index is 1.71. The summed E-state index contributed by atoms with van der Waals surface area (Å²) in [5.74, 6) is 0. The van der Waals surface area contributed by atoms with Gasteiger partial charge in [0.1, 0.15) is 0 Å². The minimum Gasteiger partial charge on any atom is -0.360 e. The molecule has 0 aliphatic carbocycles. The van der Waals surface area contributed by atoms with Crippen LogP contribution in [0.15, 0.2) is 53.6 Å². The summed E-state index contributed by atoms with van der Waals surface area (Å²) in [4.78, 5) is 14.9. The summed E-state index contributed by atoms with van der Waals surface area (Å²) < 4.78 is 59.7. The van der Waals surface area contributed by atoms with Crippen LogP contribution in [-0.4, -0.2) is 19.4 Å². The Hall–Kier alpha value is -3.01. The second-order valence-electron chi connectivity index (χ2n) is 5.35. The first-order valence-electron chi connectivity index (χ1n) is 7.25. The first-order chi connectivity index (χ1) is 12.2. The van der Waals surface area contributed by atoms with Crippen LogP contribution in [0.25, 0.3) is 10.9 Å². The SMILES string of the molecule is O=C(Nc1ccc(C(F)(F)F)cc1)Nc1ccc2c([SH](=O)=O)c[nH]c2c1.